The Morgan fingerprint density at radius 2 is 1.63 bits per heavy atom. The van der Waals surface area contributed by atoms with E-state index >= 15 is 0 Å². The third kappa shape index (κ3) is 8.35. The van der Waals surface area contributed by atoms with Crippen LogP contribution in [-0.2, 0) is 22.6 Å². The van der Waals surface area contributed by atoms with Crippen LogP contribution in [0.1, 0.15) is 31.4 Å². The zero-order chi connectivity index (χ0) is 25.2. The molecule has 3 aromatic carbocycles. The molecule has 0 saturated carbocycles. The van der Waals surface area contributed by atoms with E-state index in [0.29, 0.717) is 12.2 Å². The van der Waals surface area contributed by atoms with Crippen LogP contribution in [0.5, 0.6) is 5.75 Å². The van der Waals surface area contributed by atoms with Gasteiger partial charge in [0.05, 0.1) is 0 Å². The Hall–Kier alpha value is -2.94. The molecule has 35 heavy (non-hydrogen) atoms. The second-order valence-electron chi connectivity index (χ2n) is 8.41. The Morgan fingerprint density at radius 1 is 0.971 bits per heavy atom. The molecule has 3 aromatic rings. The van der Waals surface area contributed by atoms with Crippen molar-refractivity contribution in [2.45, 2.75) is 45.3 Å². The molecule has 0 aliphatic heterocycles. The lowest BCUT2D eigenvalue weighted by atomic mass is 10.0. The molecule has 0 bridgehead atoms. The van der Waals surface area contributed by atoms with Gasteiger partial charge in [0.15, 0.2) is 6.61 Å². The number of carbonyl (C=O) groups excluding carboxylic acids is 2. The second-order valence-corrected chi connectivity index (χ2v) is 9.66. The van der Waals surface area contributed by atoms with E-state index in [-0.39, 0.29) is 36.8 Å². The normalized spacial score (nSPS) is 12.5. The molecule has 0 fully saturated rings. The van der Waals surface area contributed by atoms with Gasteiger partial charge >= 0.3 is 0 Å². The van der Waals surface area contributed by atoms with Gasteiger partial charge in [-0.25, -0.2) is 4.39 Å². The number of nitrogens with one attached hydrogen (secondary N) is 1. The molecule has 3 rings (SSSR count). The molecule has 0 aliphatic rings. The van der Waals surface area contributed by atoms with Crippen molar-refractivity contribution in [1.82, 2.24) is 10.2 Å². The van der Waals surface area contributed by atoms with Crippen LogP contribution in [0.15, 0.2) is 78.9 Å². The van der Waals surface area contributed by atoms with Crippen molar-refractivity contribution in [3.8, 4) is 5.75 Å². The minimum absolute atomic E-state index is 0.0356. The van der Waals surface area contributed by atoms with Gasteiger partial charge in [0, 0.05) is 22.6 Å². The maximum absolute atomic E-state index is 13.5. The molecular formula is C28H30FIN2O3. The van der Waals surface area contributed by atoms with Crippen LogP contribution in [0, 0.1) is 9.39 Å². The van der Waals surface area contributed by atoms with Gasteiger partial charge in [-0.15, -0.1) is 0 Å². The van der Waals surface area contributed by atoms with Gasteiger partial charge in [-0.1, -0.05) is 49.4 Å². The lowest BCUT2D eigenvalue weighted by Gasteiger charge is -2.32. The minimum atomic E-state index is -0.760. The number of benzene rings is 3. The molecule has 1 N–H and O–H groups in total. The Kier molecular flexibility index (Phi) is 10.1. The van der Waals surface area contributed by atoms with E-state index in [1.165, 1.54) is 17.0 Å². The Bertz CT molecular complexity index is 1090. The summed E-state index contributed by atoms with van der Waals surface area (Å²) >= 11 is 2.20. The Labute approximate surface area is 219 Å². The van der Waals surface area contributed by atoms with Gasteiger partial charge in [-0.2, -0.15) is 0 Å². The molecular weight excluding hydrogens is 558 g/mol. The van der Waals surface area contributed by atoms with Crippen LogP contribution in [0.2, 0.25) is 0 Å². The molecule has 7 heteroatoms. The molecule has 0 radical (unpaired) electrons. The standard InChI is InChI=1S/C28H30FIN2O3/c1-3-20(2)31-28(34)26(17-21-7-5-4-6-8-21)32(18-22-9-11-23(29)12-10-22)27(33)19-35-25-15-13-24(30)14-16-25/h4-16,20,26H,3,17-19H2,1-2H3,(H,31,34)/t20-,26-/m1/s1. The van der Waals surface area contributed by atoms with Gasteiger partial charge in [-0.05, 0) is 83.5 Å². The van der Waals surface area contributed by atoms with Gasteiger partial charge in [0.2, 0.25) is 5.91 Å². The van der Waals surface area contributed by atoms with Crippen molar-refractivity contribution in [2.75, 3.05) is 6.61 Å². The molecule has 5 nitrogen and oxygen atoms in total. The summed E-state index contributed by atoms with van der Waals surface area (Å²) in [6, 6.07) is 22.2. The third-order valence-corrected chi connectivity index (χ3v) is 6.43. The predicted octanol–water partition coefficient (Wildman–Crippen LogP) is 5.36. The van der Waals surface area contributed by atoms with Gasteiger partial charge in [-0.3, -0.25) is 9.59 Å². The summed E-state index contributed by atoms with van der Waals surface area (Å²) in [5.74, 6) is -0.339. The van der Waals surface area contributed by atoms with E-state index in [4.69, 9.17) is 4.74 Å². The largest absolute Gasteiger partial charge is 0.484 e. The fourth-order valence-corrected chi connectivity index (χ4v) is 3.90. The van der Waals surface area contributed by atoms with E-state index in [1.807, 2.05) is 56.3 Å². The highest BCUT2D eigenvalue weighted by Gasteiger charge is 2.31. The summed E-state index contributed by atoms with van der Waals surface area (Å²) < 4.78 is 20.3. The van der Waals surface area contributed by atoms with Crippen molar-refractivity contribution < 1.29 is 18.7 Å². The first-order chi connectivity index (χ1) is 16.9. The lowest BCUT2D eigenvalue weighted by Crippen LogP contribution is -2.53. The Morgan fingerprint density at radius 3 is 2.26 bits per heavy atom. The quantitative estimate of drug-likeness (QED) is 0.307. The fraction of sp³-hybridized carbons (Fsp3) is 0.286. The summed E-state index contributed by atoms with van der Waals surface area (Å²) in [5, 5.41) is 3.03. The van der Waals surface area contributed by atoms with Gasteiger partial charge in [0.25, 0.3) is 5.91 Å². The molecule has 2 amide bonds. The SMILES string of the molecule is CC[C@@H](C)NC(=O)[C@@H](Cc1ccccc1)N(Cc1ccc(F)cc1)C(=O)COc1ccc(I)cc1. The van der Waals surface area contributed by atoms with Crippen LogP contribution < -0.4 is 10.1 Å². The lowest BCUT2D eigenvalue weighted by molar-refractivity contribution is -0.143. The number of rotatable bonds is 11. The molecule has 0 saturated heterocycles. The van der Waals surface area contributed by atoms with E-state index < -0.39 is 6.04 Å². The number of nitrogens with zero attached hydrogens (tertiary/aromatic N) is 1. The van der Waals surface area contributed by atoms with Gasteiger partial charge in [0.1, 0.15) is 17.6 Å². The average molecular weight is 588 g/mol. The third-order valence-electron chi connectivity index (χ3n) is 5.71. The number of ether oxygens (including phenoxy) is 1. The molecule has 0 aromatic heterocycles. The van der Waals surface area contributed by atoms with Crippen molar-refractivity contribution in [3.63, 3.8) is 0 Å². The molecule has 0 spiro atoms. The maximum atomic E-state index is 13.5. The van der Waals surface area contributed by atoms with Gasteiger partial charge < -0.3 is 15.0 Å². The Balaban J connectivity index is 1.89. The number of halogens is 2. The first-order valence-corrected chi connectivity index (χ1v) is 12.7. The maximum Gasteiger partial charge on any atom is 0.261 e. The summed E-state index contributed by atoms with van der Waals surface area (Å²) in [7, 11) is 0. The summed E-state index contributed by atoms with van der Waals surface area (Å²) in [6.07, 6.45) is 1.12. The molecule has 184 valence electrons. The van der Waals surface area contributed by atoms with E-state index in [1.54, 1.807) is 24.3 Å². The van der Waals surface area contributed by atoms with Crippen LogP contribution in [-0.4, -0.2) is 35.4 Å². The van der Waals surface area contributed by atoms with Crippen LogP contribution in [0.3, 0.4) is 0 Å². The molecule has 0 aliphatic carbocycles. The minimum Gasteiger partial charge on any atom is -0.484 e. The highest BCUT2D eigenvalue weighted by atomic mass is 127. The van der Waals surface area contributed by atoms with E-state index in [9.17, 15) is 14.0 Å². The summed E-state index contributed by atoms with van der Waals surface area (Å²) in [5.41, 5.74) is 1.66. The molecule has 0 heterocycles. The number of amides is 2. The van der Waals surface area contributed by atoms with Crippen molar-refractivity contribution >= 4 is 34.4 Å². The van der Waals surface area contributed by atoms with Crippen molar-refractivity contribution in [1.29, 1.82) is 0 Å². The summed E-state index contributed by atoms with van der Waals surface area (Å²) in [6.45, 7) is 3.86. The number of hydrogen-bond donors (Lipinski definition) is 1. The zero-order valence-corrected chi connectivity index (χ0v) is 22.1. The summed E-state index contributed by atoms with van der Waals surface area (Å²) in [4.78, 5) is 28.4. The first kappa shape index (κ1) is 26.7. The van der Waals surface area contributed by atoms with Crippen LogP contribution >= 0.6 is 22.6 Å². The van der Waals surface area contributed by atoms with Crippen LogP contribution in [0.25, 0.3) is 0 Å². The van der Waals surface area contributed by atoms with Crippen molar-refractivity contribution in [2.24, 2.45) is 0 Å². The zero-order valence-electron chi connectivity index (χ0n) is 19.9. The number of carbonyl (C=O) groups is 2. The second kappa shape index (κ2) is 13.2. The smallest absolute Gasteiger partial charge is 0.261 e. The molecule has 0 unspecified atom stereocenters. The monoisotopic (exact) mass is 588 g/mol. The molecule has 2 atom stereocenters. The van der Waals surface area contributed by atoms with E-state index in [0.717, 1.165) is 21.1 Å². The highest BCUT2D eigenvalue weighted by molar-refractivity contribution is 14.1. The predicted molar refractivity (Wildman–Crippen MR) is 143 cm³/mol. The van der Waals surface area contributed by atoms with Crippen molar-refractivity contribution in [3.05, 3.63) is 99.4 Å². The fourth-order valence-electron chi connectivity index (χ4n) is 3.54. The highest BCUT2D eigenvalue weighted by Crippen LogP contribution is 2.18. The first-order valence-electron chi connectivity index (χ1n) is 11.6. The van der Waals surface area contributed by atoms with E-state index in [2.05, 4.69) is 27.9 Å². The van der Waals surface area contributed by atoms with Crippen LogP contribution in [0.4, 0.5) is 4.39 Å². The number of hydrogen-bond acceptors (Lipinski definition) is 3. The topological polar surface area (TPSA) is 58.6 Å². The average Bonchev–Trinajstić information content (AvgIpc) is 2.87.